The van der Waals surface area contributed by atoms with Gasteiger partial charge in [-0.3, -0.25) is 4.79 Å². The highest BCUT2D eigenvalue weighted by Gasteiger charge is 2.07. The Balaban J connectivity index is 2.24. The van der Waals surface area contributed by atoms with Crippen LogP contribution in [0.2, 0.25) is 0 Å². The topological polar surface area (TPSA) is 41.6 Å². The fraction of sp³-hybridized carbons (Fsp3) is 0.533. The van der Waals surface area contributed by atoms with Crippen molar-refractivity contribution in [2.24, 2.45) is 0 Å². The molecular weight excluding hydrogens is 240 g/mol. The lowest BCUT2D eigenvalue weighted by Gasteiger charge is -2.18. The van der Waals surface area contributed by atoms with Crippen LogP contribution < -0.4 is 10.1 Å². The molecule has 0 spiro atoms. The third-order valence-corrected chi connectivity index (χ3v) is 3.14. The largest absolute Gasteiger partial charge is 0.497 e. The number of methoxy groups -OCH3 is 1. The van der Waals surface area contributed by atoms with Gasteiger partial charge in [0.05, 0.1) is 13.7 Å². The van der Waals surface area contributed by atoms with Gasteiger partial charge in [0.1, 0.15) is 5.75 Å². The van der Waals surface area contributed by atoms with E-state index >= 15 is 0 Å². The second kappa shape index (κ2) is 8.53. The number of amides is 1. The van der Waals surface area contributed by atoms with Crippen molar-refractivity contribution in [2.75, 3.05) is 33.3 Å². The van der Waals surface area contributed by atoms with Crippen molar-refractivity contribution >= 4 is 5.91 Å². The molecule has 0 aliphatic rings. The van der Waals surface area contributed by atoms with E-state index in [-0.39, 0.29) is 5.91 Å². The van der Waals surface area contributed by atoms with Crippen molar-refractivity contribution in [2.45, 2.75) is 20.3 Å². The molecule has 1 aromatic rings. The normalized spacial score (nSPS) is 10.3. The van der Waals surface area contributed by atoms with Crippen LogP contribution >= 0.6 is 0 Å². The van der Waals surface area contributed by atoms with Crippen LogP contribution in [0.15, 0.2) is 24.3 Å². The maximum atomic E-state index is 11.7. The molecule has 0 aromatic heterocycles. The fourth-order valence-corrected chi connectivity index (χ4v) is 1.91. The molecule has 1 rings (SSSR count). The van der Waals surface area contributed by atoms with Gasteiger partial charge in [-0.05, 0) is 44.5 Å². The second-order valence-electron chi connectivity index (χ2n) is 4.34. The summed E-state index contributed by atoms with van der Waals surface area (Å²) in [6.45, 7) is 6.76. The molecule has 0 radical (unpaired) electrons. The van der Waals surface area contributed by atoms with Crippen LogP contribution in [0.25, 0.3) is 0 Å². The van der Waals surface area contributed by atoms with Crippen LogP contribution in [0, 0.1) is 0 Å². The van der Waals surface area contributed by atoms with Crippen molar-refractivity contribution in [3.05, 3.63) is 29.8 Å². The zero-order valence-electron chi connectivity index (χ0n) is 12.1. The Labute approximate surface area is 115 Å². The number of likely N-dealkylation sites (N-methyl/N-ethyl adjacent to an activating group) is 1. The Morgan fingerprint density at radius 1 is 1.21 bits per heavy atom. The molecule has 1 aromatic carbocycles. The molecule has 4 nitrogen and oxygen atoms in total. The standard InChI is InChI=1S/C15H24N2O2/c1-4-17(5-2)15(18)12-16-11-10-13-6-8-14(19-3)9-7-13/h6-9,16H,4-5,10-12H2,1-3H3. The number of nitrogens with one attached hydrogen (secondary N) is 1. The molecule has 0 aliphatic heterocycles. The van der Waals surface area contributed by atoms with E-state index in [1.165, 1.54) is 5.56 Å². The number of carbonyl (C=O) groups excluding carboxylic acids is 1. The number of hydrogen-bond donors (Lipinski definition) is 1. The van der Waals surface area contributed by atoms with Gasteiger partial charge in [0.2, 0.25) is 5.91 Å². The number of carbonyl (C=O) groups is 1. The number of hydrogen-bond acceptors (Lipinski definition) is 3. The van der Waals surface area contributed by atoms with E-state index in [2.05, 4.69) is 5.32 Å². The second-order valence-corrected chi connectivity index (χ2v) is 4.34. The van der Waals surface area contributed by atoms with Crippen LogP contribution in [0.1, 0.15) is 19.4 Å². The van der Waals surface area contributed by atoms with E-state index in [1.807, 2.05) is 43.0 Å². The van der Waals surface area contributed by atoms with Crippen molar-refractivity contribution < 1.29 is 9.53 Å². The zero-order valence-corrected chi connectivity index (χ0v) is 12.1. The summed E-state index contributed by atoms with van der Waals surface area (Å²) in [6.07, 6.45) is 0.912. The zero-order chi connectivity index (χ0) is 14.1. The van der Waals surface area contributed by atoms with Gasteiger partial charge >= 0.3 is 0 Å². The van der Waals surface area contributed by atoms with Gasteiger partial charge in [-0.1, -0.05) is 12.1 Å². The molecule has 0 atom stereocenters. The Morgan fingerprint density at radius 3 is 2.37 bits per heavy atom. The lowest BCUT2D eigenvalue weighted by atomic mass is 10.1. The predicted octanol–water partition coefficient (Wildman–Crippen LogP) is 1.70. The van der Waals surface area contributed by atoms with Gasteiger partial charge in [-0.2, -0.15) is 0 Å². The van der Waals surface area contributed by atoms with Crippen molar-refractivity contribution in [3.8, 4) is 5.75 Å². The summed E-state index contributed by atoms with van der Waals surface area (Å²) in [5.74, 6) is 1.04. The molecule has 106 valence electrons. The van der Waals surface area contributed by atoms with Crippen LogP contribution in [-0.2, 0) is 11.2 Å². The molecule has 19 heavy (non-hydrogen) atoms. The lowest BCUT2D eigenvalue weighted by molar-refractivity contribution is -0.129. The number of nitrogens with zero attached hydrogens (tertiary/aromatic N) is 1. The van der Waals surface area contributed by atoms with E-state index < -0.39 is 0 Å². The van der Waals surface area contributed by atoms with Crippen LogP contribution in [-0.4, -0.2) is 44.1 Å². The van der Waals surface area contributed by atoms with Gasteiger partial charge in [0.15, 0.2) is 0 Å². The van der Waals surface area contributed by atoms with E-state index in [1.54, 1.807) is 7.11 Å². The Morgan fingerprint density at radius 2 is 1.84 bits per heavy atom. The monoisotopic (exact) mass is 264 g/mol. The molecule has 0 unspecified atom stereocenters. The first-order valence-corrected chi connectivity index (χ1v) is 6.82. The van der Waals surface area contributed by atoms with Crippen LogP contribution in [0.5, 0.6) is 5.75 Å². The summed E-state index contributed by atoms with van der Waals surface area (Å²) >= 11 is 0. The third-order valence-electron chi connectivity index (χ3n) is 3.14. The van der Waals surface area contributed by atoms with Crippen LogP contribution in [0.4, 0.5) is 0 Å². The first-order valence-electron chi connectivity index (χ1n) is 6.82. The van der Waals surface area contributed by atoms with Gasteiger partial charge < -0.3 is 15.0 Å². The van der Waals surface area contributed by atoms with E-state index in [0.717, 1.165) is 31.8 Å². The van der Waals surface area contributed by atoms with E-state index in [0.29, 0.717) is 6.54 Å². The van der Waals surface area contributed by atoms with Gasteiger partial charge in [0.25, 0.3) is 0 Å². The lowest BCUT2D eigenvalue weighted by Crippen LogP contribution is -2.38. The summed E-state index contributed by atoms with van der Waals surface area (Å²) < 4.78 is 5.11. The van der Waals surface area contributed by atoms with E-state index in [4.69, 9.17) is 4.74 Å². The number of benzene rings is 1. The quantitative estimate of drug-likeness (QED) is 0.727. The molecule has 0 saturated carbocycles. The molecule has 0 aliphatic carbocycles. The molecular formula is C15H24N2O2. The first kappa shape index (κ1) is 15.5. The molecule has 0 bridgehead atoms. The maximum absolute atomic E-state index is 11.7. The summed E-state index contributed by atoms with van der Waals surface area (Å²) in [7, 11) is 1.66. The Hall–Kier alpha value is -1.55. The van der Waals surface area contributed by atoms with E-state index in [9.17, 15) is 4.79 Å². The van der Waals surface area contributed by atoms with Gasteiger partial charge in [0, 0.05) is 13.1 Å². The summed E-state index contributed by atoms with van der Waals surface area (Å²) in [5.41, 5.74) is 1.24. The number of rotatable bonds is 8. The molecule has 0 heterocycles. The fourth-order valence-electron chi connectivity index (χ4n) is 1.91. The minimum absolute atomic E-state index is 0.166. The predicted molar refractivity (Wildman–Crippen MR) is 77.5 cm³/mol. The molecule has 1 amide bonds. The SMILES string of the molecule is CCN(CC)C(=O)CNCCc1ccc(OC)cc1. The number of ether oxygens (including phenoxy) is 1. The average Bonchev–Trinajstić information content (AvgIpc) is 2.45. The Kier molecular flexibility index (Phi) is 6.97. The van der Waals surface area contributed by atoms with Gasteiger partial charge in [-0.15, -0.1) is 0 Å². The summed E-state index contributed by atoms with van der Waals surface area (Å²) in [5, 5.41) is 3.19. The third kappa shape index (κ3) is 5.30. The summed E-state index contributed by atoms with van der Waals surface area (Å²) in [4.78, 5) is 13.6. The van der Waals surface area contributed by atoms with Crippen LogP contribution in [0.3, 0.4) is 0 Å². The summed E-state index contributed by atoms with van der Waals surface area (Å²) in [6, 6.07) is 8.01. The maximum Gasteiger partial charge on any atom is 0.236 e. The minimum Gasteiger partial charge on any atom is -0.497 e. The van der Waals surface area contributed by atoms with Crippen molar-refractivity contribution in [3.63, 3.8) is 0 Å². The average molecular weight is 264 g/mol. The van der Waals surface area contributed by atoms with Crippen molar-refractivity contribution in [1.29, 1.82) is 0 Å². The smallest absolute Gasteiger partial charge is 0.236 e. The van der Waals surface area contributed by atoms with Gasteiger partial charge in [-0.25, -0.2) is 0 Å². The highest BCUT2D eigenvalue weighted by atomic mass is 16.5. The van der Waals surface area contributed by atoms with Crippen molar-refractivity contribution in [1.82, 2.24) is 10.2 Å². The molecule has 4 heteroatoms. The molecule has 1 N–H and O–H groups in total. The molecule has 0 fully saturated rings. The minimum atomic E-state index is 0.166. The molecule has 0 saturated heterocycles. The highest BCUT2D eigenvalue weighted by molar-refractivity contribution is 5.78. The first-order chi connectivity index (χ1) is 9.21. The Bertz CT molecular complexity index is 372. The highest BCUT2D eigenvalue weighted by Crippen LogP contribution is 2.11.